The molecule has 8 heteroatoms. The molecule has 3 aliphatic rings. The number of anilines is 2. The van der Waals surface area contributed by atoms with Gasteiger partial charge in [-0.15, -0.1) is 11.8 Å². The normalized spacial score (nSPS) is 21.7. The van der Waals surface area contributed by atoms with Gasteiger partial charge in [0.2, 0.25) is 5.91 Å². The molecular formula is C22H23Cl2N3O2S. The van der Waals surface area contributed by atoms with Crippen molar-refractivity contribution < 1.29 is 9.90 Å². The maximum Gasteiger partial charge on any atom is 0.245 e. The zero-order chi connectivity index (χ0) is 20.8. The fourth-order valence-electron chi connectivity index (χ4n) is 4.38. The number of fused-ring (bicyclic) bond motifs is 1. The molecule has 0 unspecified atom stereocenters. The molecule has 0 bridgehead atoms. The third-order valence-corrected chi connectivity index (χ3v) is 7.75. The summed E-state index contributed by atoms with van der Waals surface area (Å²) >= 11 is 14.1. The van der Waals surface area contributed by atoms with Gasteiger partial charge in [0.25, 0.3) is 0 Å². The topological polar surface area (TPSA) is 47.0 Å². The van der Waals surface area contributed by atoms with Crippen molar-refractivity contribution in [3.05, 3.63) is 52.0 Å². The molecule has 1 amide bonds. The number of amides is 1. The Morgan fingerprint density at radius 3 is 2.67 bits per heavy atom. The molecule has 2 aromatic carbocycles. The first-order chi connectivity index (χ1) is 14.5. The quantitative estimate of drug-likeness (QED) is 0.718. The number of hydrogen-bond donors (Lipinski definition) is 1. The number of carbonyl (C=O) groups is 1. The predicted octanol–water partition coefficient (Wildman–Crippen LogP) is 4.59. The highest BCUT2D eigenvalue weighted by atomic mass is 35.5. The molecule has 5 rings (SSSR count). The van der Waals surface area contributed by atoms with E-state index in [1.807, 2.05) is 17.0 Å². The number of hydrogen-bond acceptors (Lipinski definition) is 5. The molecule has 0 spiro atoms. The molecule has 2 fully saturated rings. The molecule has 158 valence electrons. The maximum atomic E-state index is 13.6. The van der Waals surface area contributed by atoms with Crippen LogP contribution in [-0.2, 0) is 11.3 Å². The van der Waals surface area contributed by atoms with Crippen LogP contribution in [0.5, 0.6) is 5.75 Å². The number of halogens is 2. The summed E-state index contributed by atoms with van der Waals surface area (Å²) in [5.41, 5.74) is 2.91. The van der Waals surface area contributed by atoms with E-state index < -0.39 is 0 Å². The molecule has 0 aromatic heterocycles. The average molecular weight is 464 g/mol. The minimum atomic E-state index is -0.229. The van der Waals surface area contributed by atoms with Gasteiger partial charge in [0.1, 0.15) is 5.75 Å². The van der Waals surface area contributed by atoms with E-state index >= 15 is 0 Å². The minimum absolute atomic E-state index is 0.0287. The SMILES string of the molecule is O=C([C@@H]1CSCN1Cc1cc(Cl)cc(O)c1Cl)N1CCN(C2CC2)c2ccccc21. The van der Waals surface area contributed by atoms with Crippen LogP contribution < -0.4 is 9.80 Å². The summed E-state index contributed by atoms with van der Waals surface area (Å²) in [6.07, 6.45) is 2.48. The first-order valence-electron chi connectivity index (χ1n) is 10.2. The Balaban J connectivity index is 1.38. The van der Waals surface area contributed by atoms with Gasteiger partial charge < -0.3 is 14.9 Å². The van der Waals surface area contributed by atoms with Crippen molar-refractivity contribution in [1.29, 1.82) is 0 Å². The smallest absolute Gasteiger partial charge is 0.245 e. The highest BCUT2D eigenvalue weighted by Crippen LogP contribution is 2.41. The summed E-state index contributed by atoms with van der Waals surface area (Å²) in [6, 6.07) is 11.8. The van der Waals surface area contributed by atoms with E-state index in [1.54, 1.807) is 17.8 Å². The molecule has 1 saturated heterocycles. The Morgan fingerprint density at radius 2 is 1.90 bits per heavy atom. The summed E-state index contributed by atoms with van der Waals surface area (Å²) in [6.45, 7) is 2.06. The first kappa shape index (κ1) is 20.3. The van der Waals surface area contributed by atoms with Gasteiger partial charge in [-0.2, -0.15) is 0 Å². The Labute approximate surface area is 190 Å². The van der Waals surface area contributed by atoms with Gasteiger partial charge >= 0.3 is 0 Å². The van der Waals surface area contributed by atoms with E-state index in [0.29, 0.717) is 29.2 Å². The number of rotatable bonds is 4. The second-order valence-corrected chi connectivity index (χ2v) is 9.88. The Kier molecular flexibility index (Phi) is 5.52. The largest absolute Gasteiger partial charge is 0.506 e. The van der Waals surface area contributed by atoms with Gasteiger partial charge in [0, 0.05) is 48.4 Å². The second-order valence-electron chi connectivity index (χ2n) is 8.06. The summed E-state index contributed by atoms with van der Waals surface area (Å²) in [7, 11) is 0. The fourth-order valence-corrected chi connectivity index (χ4v) is 5.97. The summed E-state index contributed by atoms with van der Waals surface area (Å²) < 4.78 is 0. The Bertz CT molecular complexity index is 985. The van der Waals surface area contributed by atoms with Crippen molar-refractivity contribution in [2.75, 3.05) is 34.5 Å². The Morgan fingerprint density at radius 1 is 1.13 bits per heavy atom. The minimum Gasteiger partial charge on any atom is -0.506 e. The number of thioether (sulfide) groups is 1. The third kappa shape index (κ3) is 3.75. The standard InChI is InChI=1S/C22H23Cl2N3O2S/c23-15-9-14(21(24)20(28)10-15)11-25-13-30-12-19(25)22(29)27-8-7-26(16-5-6-16)17-3-1-2-4-18(17)27/h1-4,9-10,16,19,28H,5-8,11-13H2/t19-/m0/s1. The maximum absolute atomic E-state index is 13.6. The number of phenolic OH excluding ortho intramolecular Hbond substituents is 1. The van der Waals surface area contributed by atoms with Crippen LogP contribution in [0.15, 0.2) is 36.4 Å². The van der Waals surface area contributed by atoms with Crippen LogP contribution in [0.4, 0.5) is 11.4 Å². The number of aromatic hydroxyl groups is 1. The number of para-hydroxylation sites is 2. The molecule has 2 aliphatic heterocycles. The molecule has 1 saturated carbocycles. The monoisotopic (exact) mass is 463 g/mol. The van der Waals surface area contributed by atoms with Gasteiger partial charge in [0.05, 0.1) is 22.4 Å². The van der Waals surface area contributed by atoms with Crippen molar-refractivity contribution in [2.45, 2.75) is 31.5 Å². The zero-order valence-corrected chi connectivity index (χ0v) is 18.8. The lowest BCUT2D eigenvalue weighted by atomic mass is 10.1. The summed E-state index contributed by atoms with van der Waals surface area (Å²) in [5, 5.41) is 10.7. The molecule has 0 radical (unpaired) electrons. The van der Waals surface area contributed by atoms with Crippen molar-refractivity contribution >= 4 is 52.2 Å². The van der Waals surface area contributed by atoms with Crippen molar-refractivity contribution in [3.63, 3.8) is 0 Å². The zero-order valence-electron chi connectivity index (χ0n) is 16.4. The van der Waals surface area contributed by atoms with Crippen molar-refractivity contribution in [3.8, 4) is 5.75 Å². The molecular weight excluding hydrogens is 441 g/mol. The lowest BCUT2D eigenvalue weighted by molar-refractivity contribution is -0.122. The number of carbonyl (C=O) groups excluding carboxylic acids is 1. The summed E-state index contributed by atoms with van der Waals surface area (Å²) in [5.74, 6) is 1.59. The predicted molar refractivity (Wildman–Crippen MR) is 124 cm³/mol. The van der Waals surface area contributed by atoms with Crippen molar-refractivity contribution in [1.82, 2.24) is 4.90 Å². The lowest BCUT2D eigenvalue weighted by Gasteiger charge is -2.39. The highest BCUT2D eigenvalue weighted by Gasteiger charge is 2.39. The van der Waals surface area contributed by atoms with E-state index in [1.165, 1.54) is 24.6 Å². The van der Waals surface area contributed by atoms with Gasteiger partial charge in [-0.1, -0.05) is 35.3 Å². The van der Waals surface area contributed by atoms with Gasteiger partial charge in [-0.05, 0) is 36.6 Å². The number of phenols is 1. The number of benzene rings is 2. The van der Waals surface area contributed by atoms with Crippen LogP contribution >= 0.6 is 35.0 Å². The average Bonchev–Trinajstić information content (AvgIpc) is 3.48. The van der Waals surface area contributed by atoms with E-state index in [2.05, 4.69) is 21.9 Å². The molecule has 2 heterocycles. The number of nitrogens with zero attached hydrogens (tertiary/aromatic N) is 3. The van der Waals surface area contributed by atoms with Crippen LogP contribution in [0.25, 0.3) is 0 Å². The van der Waals surface area contributed by atoms with Crippen LogP contribution in [0.3, 0.4) is 0 Å². The summed E-state index contributed by atoms with van der Waals surface area (Å²) in [4.78, 5) is 20.1. The van der Waals surface area contributed by atoms with Crippen LogP contribution in [0.1, 0.15) is 18.4 Å². The highest BCUT2D eigenvalue weighted by molar-refractivity contribution is 7.99. The second kappa shape index (κ2) is 8.15. The van der Waals surface area contributed by atoms with E-state index in [0.717, 1.165) is 29.4 Å². The van der Waals surface area contributed by atoms with E-state index in [4.69, 9.17) is 23.2 Å². The molecule has 1 aliphatic carbocycles. The first-order valence-corrected chi connectivity index (χ1v) is 12.1. The van der Waals surface area contributed by atoms with Crippen LogP contribution in [0, 0.1) is 0 Å². The van der Waals surface area contributed by atoms with Gasteiger partial charge in [0.15, 0.2) is 0 Å². The Hall–Kier alpha value is -1.60. The molecule has 30 heavy (non-hydrogen) atoms. The molecule has 5 nitrogen and oxygen atoms in total. The molecule has 1 atom stereocenters. The third-order valence-electron chi connectivity index (χ3n) is 6.03. The van der Waals surface area contributed by atoms with Crippen molar-refractivity contribution in [2.24, 2.45) is 0 Å². The van der Waals surface area contributed by atoms with Crippen LogP contribution in [0.2, 0.25) is 10.0 Å². The van der Waals surface area contributed by atoms with Gasteiger partial charge in [-0.25, -0.2) is 0 Å². The lowest BCUT2D eigenvalue weighted by Crippen LogP contribution is -2.52. The molecule has 2 aromatic rings. The molecule has 1 N–H and O–H groups in total. The fraction of sp³-hybridized carbons (Fsp3) is 0.409. The van der Waals surface area contributed by atoms with Crippen LogP contribution in [-0.4, -0.2) is 52.7 Å². The van der Waals surface area contributed by atoms with E-state index in [-0.39, 0.29) is 17.7 Å². The van der Waals surface area contributed by atoms with Gasteiger partial charge in [-0.3, -0.25) is 9.69 Å². The van der Waals surface area contributed by atoms with E-state index in [9.17, 15) is 9.90 Å².